The number of carbonyl (C=O) groups excluding carboxylic acids is 4. The van der Waals surface area contributed by atoms with Gasteiger partial charge in [0, 0.05) is 45.4 Å². The van der Waals surface area contributed by atoms with Gasteiger partial charge >= 0.3 is 23.9 Å². The summed E-state index contributed by atoms with van der Waals surface area (Å²) in [7, 11) is 0. The molecule has 0 bridgehead atoms. The zero-order valence-electron chi connectivity index (χ0n) is 29.8. The molecule has 2 aliphatic heterocycles. The molecule has 0 amide bonds. The van der Waals surface area contributed by atoms with E-state index in [-0.39, 0.29) is 11.1 Å². The lowest BCUT2D eigenvalue weighted by Crippen LogP contribution is -2.64. The number of carbonyl (C=O) groups is 4. The molecule has 2 aliphatic rings. The normalized spacial score (nSPS) is 27.8. The second-order valence-electron chi connectivity index (χ2n) is 12.6. The van der Waals surface area contributed by atoms with Crippen molar-refractivity contribution < 1.29 is 92.1 Å². The van der Waals surface area contributed by atoms with Crippen molar-refractivity contribution in [3.8, 4) is 40.1 Å². The number of hydrogen-bond acceptors (Lipinski definition) is 20. The molecular formula is C35H38O20. The van der Waals surface area contributed by atoms with E-state index in [0.717, 1.165) is 52.0 Å². The van der Waals surface area contributed by atoms with Crippen LogP contribution in [0.3, 0.4) is 0 Å². The van der Waals surface area contributed by atoms with Crippen molar-refractivity contribution in [2.75, 3.05) is 6.61 Å². The lowest BCUT2D eigenvalue weighted by Gasteiger charge is -2.44. The molecule has 3 heterocycles. The Bertz CT molecular complexity index is 2010. The zero-order chi connectivity index (χ0) is 40.5. The Balaban J connectivity index is 1.56. The van der Waals surface area contributed by atoms with Crippen LogP contribution in [-0.2, 0) is 52.3 Å². The minimum Gasteiger partial charge on any atom is -0.508 e. The van der Waals surface area contributed by atoms with Gasteiger partial charge in [0.2, 0.25) is 17.5 Å². The highest BCUT2D eigenvalue weighted by atomic mass is 16.8. The molecule has 2 aromatic carbocycles. The van der Waals surface area contributed by atoms with Crippen molar-refractivity contribution >= 4 is 34.8 Å². The maximum Gasteiger partial charge on any atom is 0.303 e. The highest BCUT2D eigenvalue weighted by Gasteiger charge is 2.53. The Hall–Kier alpha value is -5.67. The second kappa shape index (κ2) is 16.4. The van der Waals surface area contributed by atoms with Crippen molar-refractivity contribution in [3.63, 3.8) is 0 Å². The number of aliphatic hydroxyl groups is 2. The van der Waals surface area contributed by atoms with Gasteiger partial charge in [-0.2, -0.15) is 0 Å². The summed E-state index contributed by atoms with van der Waals surface area (Å²) in [5.41, 5.74) is -1.51. The van der Waals surface area contributed by atoms with Gasteiger partial charge in [0.25, 0.3) is 0 Å². The van der Waals surface area contributed by atoms with E-state index in [2.05, 4.69) is 0 Å². The number of aromatic hydroxyl groups is 4. The molecule has 0 saturated carbocycles. The minimum atomic E-state index is -1.97. The van der Waals surface area contributed by atoms with Crippen LogP contribution in [-0.4, -0.2) is 123 Å². The monoisotopic (exact) mass is 778 g/mol. The van der Waals surface area contributed by atoms with E-state index in [1.165, 1.54) is 13.0 Å². The van der Waals surface area contributed by atoms with Gasteiger partial charge < -0.3 is 73.0 Å². The maximum atomic E-state index is 14.0. The summed E-state index contributed by atoms with van der Waals surface area (Å²) in [5, 5.41) is 62.9. The van der Waals surface area contributed by atoms with E-state index < -0.39 is 137 Å². The number of phenols is 4. The molecule has 298 valence electrons. The van der Waals surface area contributed by atoms with Gasteiger partial charge in [0.05, 0.1) is 12.7 Å². The van der Waals surface area contributed by atoms with Crippen LogP contribution in [0.1, 0.15) is 34.6 Å². The van der Waals surface area contributed by atoms with E-state index in [1.807, 2.05) is 0 Å². The molecule has 2 saturated heterocycles. The summed E-state index contributed by atoms with van der Waals surface area (Å²) in [6, 6.07) is 5.12. The average molecular weight is 779 g/mol. The molecule has 1 aromatic heterocycles. The summed E-state index contributed by atoms with van der Waals surface area (Å²) in [6.45, 7) is 4.85. The molecule has 0 aliphatic carbocycles. The average Bonchev–Trinajstić information content (AvgIpc) is 3.08. The Labute approximate surface area is 310 Å². The molecule has 0 spiro atoms. The molecule has 3 aromatic rings. The summed E-state index contributed by atoms with van der Waals surface area (Å²) in [4.78, 5) is 62.2. The van der Waals surface area contributed by atoms with Crippen molar-refractivity contribution in [2.24, 2.45) is 0 Å². The second-order valence-corrected chi connectivity index (χ2v) is 12.6. The molecule has 55 heavy (non-hydrogen) atoms. The Morgan fingerprint density at radius 1 is 0.691 bits per heavy atom. The van der Waals surface area contributed by atoms with E-state index >= 15 is 0 Å². The van der Waals surface area contributed by atoms with Gasteiger partial charge in [-0.05, 0) is 25.1 Å². The third-order valence-electron chi connectivity index (χ3n) is 8.39. The fourth-order valence-corrected chi connectivity index (χ4v) is 6.11. The number of ether oxygens (including phenoxy) is 8. The van der Waals surface area contributed by atoms with Gasteiger partial charge in [0.1, 0.15) is 40.8 Å². The number of phenolic OH excluding ortho intramolecular Hbond substituents is 4. The molecule has 10 atom stereocenters. The first kappa shape index (κ1) is 40.5. The van der Waals surface area contributed by atoms with E-state index in [9.17, 15) is 54.6 Å². The quantitative estimate of drug-likeness (QED) is 0.0933. The summed E-state index contributed by atoms with van der Waals surface area (Å²) in [5.74, 6) is -7.17. The van der Waals surface area contributed by atoms with Gasteiger partial charge in [-0.1, -0.05) is 0 Å². The van der Waals surface area contributed by atoms with Gasteiger partial charge in [-0.3, -0.25) is 24.0 Å². The summed E-state index contributed by atoms with van der Waals surface area (Å²) >= 11 is 0. The van der Waals surface area contributed by atoms with Crippen LogP contribution in [0.4, 0.5) is 0 Å². The third kappa shape index (κ3) is 8.84. The van der Waals surface area contributed by atoms with E-state index in [1.54, 1.807) is 0 Å². The van der Waals surface area contributed by atoms with Crippen LogP contribution in [0.5, 0.6) is 28.7 Å². The highest BCUT2D eigenvalue weighted by molar-refractivity contribution is 5.88. The summed E-state index contributed by atoms with van der Waals surface area (Å²) < 4.78 is 50.5. The van der Waals surface area contributed by atoms with Gasteiger partial charge in [0.15, 0.2) is 48.0 Å². The third-order valence-corrected chi connectivity index (χ3v) is 8.39. The first-order chi connectivity index (χ1) is 25.9. The predicted octanol–water partition coefficient (Wildman–Crippen LogP) is 0.596. The molecule has 6 N–H and O–H groups in total. The highest BCUT2D eigenvalue weighted by Crippen LogP contribution is 2.40. The molecule has 2 fully saturated rings. The van der Waals surface area contributed by atoms with E-state index in [4.69, 9.17) is 42.3 Å². The van der Waals surface area contributed by atoms with Crippen molar-refractivity contribution in [1.29, 1.82) is 0 Å². The molecule has 0 unspecified atom stereocenters. The predicted molar refractivity (Wildman–Crippen MR) is 178 cm³/mol. The SMILES string of the molecule is CC(=O)O[C@@H]1[C@@H](O)[C@@H](OC(C)=O)[C@H](OC[C@H]2O[C@@H](Oc3c(-c4ccc(O)c(O)c4)oc4cc(O)cc(O)c4c3=O)[C@H](OC(C)=O)[C@@H](O)[C@H]2OC(C)=O)O[C@H]1C. The number of esters is 4. The molecule has 20 heteroatoms. The van der Waals surface area contributed by atoms with E-state index in [0.29, 0.717) is 0 Å². The van der Waals surface area contributed by atoms with Crippen LogP contribution in [0.15, 0.2) is 39.5 Å². The standard InChI is InChI=1S/C35H38O20/c1-12-28(49-13(2)36)26(45)32(51-15(4)38)34(48-12)47-11-23-30(50-14(3)37)27(46)33(52-16(5)39)35(54-23)55-31-25(44)24-21(43)9-18(40)10-22(24)53-29(31)17-6-7-19(41)20(42)8-17/h6-10,12,23,26-28,30,32-35,40-43,45-46H,11H2,1-5H3/t12-,23+,26+,27-,28-,30-,32+,33+,34+,35-/m0/s1. The maximum absolute atomic E-state index is 14.0. The van der Waals surface area contributed by atoms with Gasteiger partial charge in [-0.15, -0.1) is 0 Å². The minimum absolute atomic E-state index is 0.0871. The Morgan fingerprint density at radius 3 is 1.85 bits per heavy atom. The number of rotatable bonds is 10. The van der Waals surface area contributed by atoms with Crippen LogP contribution in [0, 0.1) is 0 Å². The number of benzene rings is 2. The smallest absolute Gasteiger partial charge is 0.303 e. The fourth-order valence-electron chi connectivity index (χ4n) is 6.11. The number of hydrogen-bond donors (Lipinski definition) is 6. The number of aliphatic hydroxyl groups excluding tert-OH is 2. The lowest BCUT2D eigenvalue weighted by atomic mass is 9.97. The van der Waals surface area contributed by atoms with Crippen molar-refractivity contribution in [1.82, 2.24) is 0 Å². The van der Waals surface area contributed by atoms with Crippen LogP contribution in [0.25, 0.3) is 22.3 Å². The topological polar surface area (TPSA) is 294 Å². The van der Waals surface area contributed by atoms with Crippen molar-refractivity contribution in [2.45, 2.75) is 96.0 Å². The fraction of sp³-hybridized carbons (Fsp3) is 0.457. The Morgan fingerprint density at radius 2 is 1.25 bits per heavy atom. The van der Waals surface area contributed by atoms with Crippen LogP contribution >= 0.6 is 0 Å². The molecule has 20 nitrogen and oxygen atoms in total. The zero-order valence-corrected chi connectivity index (χ0v) is 29.8. The molecule has 0 radical (unpaired) electrons. The molecular weight excluding hydrogens is 740 g/mol. The van der Waals surface area contributed by atoms with Crippen molar-refractivity contribution in [3.05, 3.63) is 40.6 Å². The Kier molecular flexibility index (Phi) is 12.1. The van der Waals surface area contributed by atoms with Crippen LogP contribution < -0.4 is 10.2 Å². The first-order valence-electron chi connectivity index (χ1n) is 16.6. The first-order valence-corrected chi connectivity index (χ1v) is 16.6. The number of fused-ring (bicyclic) bond motifs is 1. The summed E-state index contributed by atoms with van der Waals surface area (Å²) in [6.07, 6.45) is -16.2. The largest absolute Gasteiger partial charge is 0.508 e. The molecule has 5 rings (SSSR count). The van der Waals surface area contributed by atoms with Gasteiger partial charge in [-0.25, -0.2) is 0 Å². The lowest BCUT2D eigenvalue weighted by molar-refractivity contribution is -0.322. The van der Waals surface area contributed by atoms with Crippen LogP contribution in [0.2, 0.25) is 0 Å².